The van der Waals surface area contributed by atoms with Gasteiger partial charge in [0.1, 0.15) is 5.75 Å². The lowest BCUT2D eigenvalue weighted by Gasteiger charge is -2.27. The number of rotatable bonds is 3. The fourth-order valence-electron chi connectivity index (χ4n) is 3.44. The van der Waals surface area contributed by atoms with E-state index < -0.39 is 0 Å². The summed E-state index contributed by atoms with van der Waals surface area (Å²) < 4.78 is 5.16. The number of amides is 1. The van der Waals surface area contributed by atoms with E-state index in [1.54, 1.807) is 7.11 Å². The first-order valence-corrected chi connectivity index (χ1v) is 8.71. The topological polar surface area (TPSA) is 45.3 Å². The molecule has 2 aromatic carbocycles. The fraction of sp³-hybridized carbons (Fsp3) is 0.250. The minimum Gasteiger partial charge on any atom is -0.497 e. The van der Waals surface area contributed by atoms with Crippen LogP contribution in [0.2, 0.25) is 5.02 Å². The molecular formula is C20H19ClN2O2. The first-order chi connectivity index (χ1) is 12.1. The van der Waals surface area contributed by atoms with Crippen LogP contribution in [0.1, 0.15) is 16.8 Å². The third kappa shape index (κ3) is 3.10. The summed E-state index contributed by atoms with van der Waals surface area (Å²) in [6.45, 7) is 1.38. The van der Waals surface area contributed by atoms with E-state index in [2.05, 4.69) is 4.98 Å². The zero-order chi connectivity index (χ0) is 17.4. The van der Waals surface area contributed by atoms with Gasteiger partial charge in [-0.3, -0.25) is 4.79 Å². The van der Waals surface area contributed by atoms with Gasteiger partial charge in [0, 0.05) is 46.7 Å². The second-order valence-corrected chi connectivity index (χ2v) is 6.80. The Labute approximate surface area is 151 Å². The van der Waals surface area contributed by atoms with Crippen LogP contribution in [0.25, 0.3) is 10.9 Å². The molecule has 0 aliphatic carbocycles. The Morgan fingerprint density at radius 3 is 2.80 bits per heavy atom. The minimum absolute atomic E-state index is 0.152. The maximum absolute atomic E-state index is 12.7. The summed E-state index contributed by atoms with van der Waals surface area (Å²) in [7, 11) is 1.64. The number of nitrogens with zero attached hydrogens (tertiary/aromatic N) is 1. The second kappa shape index (κ2) is 6.45. The number of halogens is 1. The summed E-state index contributed by atoms with van der Waals surface area (Å²) in [6.07, 6.45) is 1.25. The molecule has 1 amide bonds. The molecule has 1 aliphatic rings. The number of methoxy groups -OCH3 is 1. The average Bonchev–Trinajstić information content (AvgIpc) is 2.98. The van der Waals surface area contributed by atoms with Crippen LogP contribution >= 0.6 is 11.6 Å². The van der Waals surface area contributed by atoms with Crippen LogP contribution in [0.3, 0.4) is 0 Å². The molecule has 0 atom stereocenters. The fourth-order valence-corrected chi connectivity index (χ4v) is 3.61. The molecular weight excluding hydrogens is 336 g/mol. The van der Waals surface area contributed by atoms with Gasteiger partial charge in [0.2, 0.25) is 5.91 Å². The molecule has 1 N–H and O–H groups in total. The van der Waals surface area contributed by atoms with Crippen molar-refractivity contribution in [2.75, 3.05) is 13.7 Å². The van der Waals surface area contributed by atoms with Gasteiger partial charge in [-0.15, -0.1) is 0 Å². The monoisotopic (exact) mass is 354 g/mol. The number of carbonyl (C=O) groups is 1. The number of aromatic amines is 1. The standard InChI is InChI=1S/C20H19ClN2O2/c1-25-15-5-2-13(3-6-15)10-20(24)23-9-8-18-17(12-23)16-7-4-14(21)11-19(16)22-18/h2-7,11,22H,8-10,12H2,1H3. The molecule has 4 nitrogen and oxygen atoms in total. The highest BCUT2D eigenvalue weighted by molar-refractivity contribution is 6.31. The van der Waals surface area contributed by atoms with Gasteiger partial charge in [-0.25, -0.2) is 0 Å². The lowest BCUT2D eigenvalue weighted by Crippen LogP contribution is -2.36. The predicted molar refractivity (Wildman–Crippen MR) is 99.1 cm³/mol. The van der Waals surface area contributed by atoms with Crippen LogP contribution in [0, 0.1) is 0 Å². The third-order valence-corrected chi connectivity index (χ3v) is 5.04. The maximum Gasteiger partial charge on any atom is 0.227 e. The van der Waals surface area contributed by atoms with Crippen LogP contribution in [0.4, 0.5) is 0 Å². The average molecular weight is 355 g/mol. The van der Waals surface area contributed by atoms with Crippen molar-refractivity contribution in [3.63, 3.8) is 0 Å². The summed E-state index contributed by atoms with van der Waals surface area (Å²) in [5, 5.41) is 1.87. The van der Waals surface area contributed by atoms with E-state index in [1.165, 1.54) is 11.3 Å². The number of H-pyrrole nitrogens is 1. The normalized spacial score (nSPS) is 13.8. The Morgan fingerprint density at radius 1 is 1.24 bits per heavy atom. The van der Waals surface area contributed by atoms with Gasteiger partial charge in [-0.2, -0.15) is 0 Å². The van der Waals surface area contributed by atoms with Crippen molar-refractivity contribution in [1.82, 2.24) is 9.88 Å². The molecule has 25 heavy (non-hydrogen) atoms. The molecule has 0 unspecified atom stereocenters. The number of fused-ring (bicyclic) bond motifs is 3. The minimum atomic E-state index is 0.152. The van der Waals surface area contributed by atoms with Crippen LogP contribution in [0.15, 0.2) is 42.5 Å². The number of benzene rings is 2. The van der Waals surface area contributed by atoms with E-state index in [1.807, 2.05) is 47.4 Å². The Kier molecular flexibility index (Phi) is 4.14. The number of carbonyl (C=O) groups excluding carboxylic acids is 1. The number of nitrogens with one attached hydrogen (secondary N) is 1. The molecule has 0 saturated heterocycles. The van der Waals surface area contributed by atoms with Crippen molar-refractivity contribution >= 4 is 28.4 Å². The highest BCUT2D eigenvalue weighted by atomic mass is 35.5. The Hall–Kier alpha value is -2.46. The van der Waals surface area contributed by atoms with Crippen molar-refractivity contribution in [2.45, 2.75) is 19.4 Å². The molecule has 1 aromatic heterocycles. The van der Waals surface area contributed by atoms with Crippen molar-refractivity contribution in [3.8, 4) is 5.75 Å². The van der Waals surface area contributed by atoms with Crippen LogP contribution in [-0.4, -0.2) is 29.4 Å². The highest BCUT2D eigenvalue weighted by Crippen LogP contribution is 2.29. The molecule has 0 fully saturated rings. The van der Waals surface area contributed by atoms with E-state index in [0.717, 1.165) is 40.2 Å². The van der Waals surface area contributed by atoms with Gasteiger partial charge in [-0.05, 0) is 29.8 Å². The van der Waals surface area contributed by atoms with E-state index >= 15 is 0 Å². The molecule has 0 bridgehead atoms. The summed E-state index contributed by atoms with van der Waals surface area (Å²) in [5.41, 5.74) is 4.47. The summed E-state index contributed by atoms with van der Waals surface area (Å²) >= 11 is 6.08. The Morgan fingerprint density at radius 2 is 2.04 bits per heavy atom. The van der Waals surface area contributed by atoms with Crippen molar-refractivity contribution in [3.05, 3.63) is 64.3 Å². The Bertz CT molecular complexity index is 931. The van der Waals surface area contributed by atoms with E-state index in [0.29, 0.717) is 13.0 Å². The van der Waals surface area contributed by atoms with Gasteiger partial charge in [0.15, 0.2) is 0 Å². The largest absolute Gasteiger partial charge is 0.497 e. The molecule has 0 saturated carbocycles. The zero-order valence-electron chi connectivity index (χ0n) is 14.0. The molecule has 3 aromatic rings. The summed E-state index contributed by atoms with van der Waals surface area (Å²) in [4.78, 5) is 18.1. The van der Waals surface area contributed by atoms with Gasteiger partial charge >= 0.3 is 0 Å². The SMILES string of the molecule is COc1ccc(CC(=O)N2CCc3[nH]c4cc(Cl)ccc4c3C2)cc1. The van der Waals surface area contributed by atoms with Crippen molar-refractivity contribution < 1.29 is 9.53 Å². The molecule has 0 spiro atoms. The zero-order valence-corrected chi connectivity index (χ0v) is 14.8. The number of hydrogen-bond donors (Lipinski definition) is 1. The number of aromatic nitrogens is 1. The number of hydrogen-bond acceptors (Lipinski definition) is 2. The van der Waals surface area contributed by atoms with Gasteiger partial charge in [0.05, 0.1) is 13.5 Å². The summed E-state index contributed by atoms with van der Waals surface area (Å²) in [6, 6.07) is 13.5. The smallest absolute Gasteiger partial charge is 0.227 e. The molecule has 2 heterocycles. The van der Waals surface area contributed by atoms with Crippen LogP contribution < -0.4 is 4.74 Å². The van der Waals surface area contributed by atoms with Gasteiger partial charge in [0.25, 0.3) is 0 Å². The van der Waals surface area contributed by atoms with E-state index in [4.69, 9.17) is 16.3 Å². The lowest BCUT2D eigenvalue weighted by atomic mass is 10.0. The third-order valence-electron chi connectivity index (χ3n) is 4.80. The molecule has 128 valence electrons. The maximum atomic E-state index is 12.7. The highest BCUT2D eigenvalue weighted by Gasteiger charge is 2.24. The molecule has 1 aliphatic heterocycles. The van der Waals surface area contributed by atoms with Gasteiger partial charge in [-0.1, -0.05) is 29.8 Å². The van der Waals surface area contributed by atoms with Crippen molar-refractivity contribution in [1.29, 1.82) is 0 Å². The predicted octanol–water partition coefficient (Wildman–Crippen LogP) is 3.96. The van der Waals surface area contributed by atoms with Crippen LogP contribution in [0.5, 0.6) is 5.75 Å². The summed E-state index contributed by atoms with van der Waals surface area (Å²) in [5.74, 6) is 0.954. The molecule has 5 heteroatoms. The van der Waals surface area contributed by atoms with Crippen LogP contribution in [-0.2, 0) is 24.2 Å². The lowest BCUT2D eigenvalue weighted by molar-refractivity contribution is -0.131. The quantitative estimate of drug-likeness (QED) is 0.773. The van der Waals surface area contributed by atoms with Crippen molar-refractivity contribution in [2.24, 2.45) is 0 Å². The number of ether oxygens (including phenoxy) is 1. The first-order valence-electron chi connectivity index (χ1n) is 8.34. The molecule has 0 radical (unpaired) electrons. The van der Waals surface area contributed by atoms with Gasteiger partial charge < -0.3 is 14.6 Å². The van der Waals surface area contributed by atoms with E-state index in [-0.39, 0.29) is 5.91 Å². The Balaban J connectivity index is 1.53. The van der Waals surface area contributed by atoms with E-state index in [9.17, 15) is 4.79 Å². The first kappa shape index (κ1) is 16.0. The second-order valence-electron chi connectivity index (χ2n) is 6.36. The molecule has 4 rings (SSSR count).